The Hall–Kier alpha value is -1.55. The zero-order valence-corrected chi connectivity index (χ0v) is 15.9. The molecule has 0 N–H and O–H groups in total. The van der Waals surface area contributed by atoms with Crippen LogP contribution in [0, 0.1) is 26.7 Å². The molecule has 1 unspecified atom stereocenters. The molecule has 4 heteroatoms. The van der Waals surface area contributed by atoms with Gasteiger partial charge >= 0.3 is 0 Å². The van der Waals surface area contributed by atoms with Gasteiger partial charge in [-0.15, -0.1) is 0 Å². The van der Waals surface area contributed by atoms with Crippen molar-refractivity contribution < 1.29 is 4.79 Å². The van der Waals surface area contributed by atoms with Crippen LogP contribution in [0.3, 0.4) is 0 Å². The number of rotatable bonds is 3. The fraction of sp³-hybridized carbons (Fsp3) is 0.500. The van der Waals surface area contributed by atoms with Gasteiger partial charge in [0.1, 0.15) is 5.03 Å². The van der Waals surface area contributed by atoms with Gasteiger partial charge in [-0.1, -0.05) is 30.8 Å². The molecule has 128 valence electrons. The van der Waals surface area contributed by atoms with E-state index in [1.807, 2.05) is 4.90 Å². The molecule has 1 saturated heterocycles. The third-order valence-corrected chi connectivity index (χ3v) is 5.97. The number of pyridine rings is 1. The van der Waals surface area contributed by atoms with Crippen molar-refractivity contribution in [2.24, 2.45) is 5.92 Å². The quantitative estimate of drug-likeness (QED) is 0.770. The van der Waals surface area contributed by atoms with Crippen LogP contribution >= 0.6 is 11.8 Å². The predicted molar refractivity (Wildman–Crippen MR) is 102 cm³/mol. The van der Waals surface area contributed by atoms with Gasteiger partial charge in [0.05, 0.1) is 11.3 Å². The third kappa shape index (κ3) is 3.59. The molecule has 3 nitrogen and oxygen atoms in total. The first kappa shape index (κ1) is 17.3. The maximum atomic E-state index is 12.5. The number of hydrogen-bond donors (Lipinski definition) is 0. The van der Waals surface area contributed by atoms with Gasteiger partial charge in [0, 0.05) is 18.5 Å². The number of carbonyl (C=O) groups is 1. The van der Waals surface area contributed by atoms with E-state index in [1.54, 1.807) is 11.8 Å². The largest absolute Gasteiger partial charge is 0.342 e. The van der Waals surface area contributed by atoms with E-state index in [2.05, 4.69) is 45.9 Å². The average molecular weight is 343 g/mol. The minimum absolute atomic E-state index is 0.244. The molecule has 2 heterocycles. The Morgan fingerprint density at radius 1 is 1.25 bits per heavy atom. The number of fused-ring (bicyclic) bond motifs is 1. The van der Waals surface area contributed by atoms with E-state index in [4.69, 9.17) is 4.98 Å². The van der Waals surface area contributed by atoms with Gasteiger partial charge in [0.2, 0.25) is 5.91 Å². The Morgan fingerprint density at radius 3 is 2.75 bits per heavy atom. The smallest absolute Gasteiger partial charge is 0.232 e. The van der Waals surface area contributed by atoms with Crippen LogP contribution in [0.25, 0.3) is 10.9 Å². The zero-order valence-electron chi connectivity index (χ0n) is 15.1. The third-order valence-electron chi connectivity index (χ3n) is 4.89. The normalized spacial score (nSPS) is 18.2. The molecule has 1 aliphatic rings. The number of thioether (sulfide) groups is 1. The van der Waals surface area contributed by atoms with Gasteiger partial charge in [-0.05, 0) is 62.3 Å². The highest BCUT2D eigenvalue weighted by atomic mass is 32.2. The molecular weight excluding hydrogens is 316 g/mol. The number of amides is 1. The van der Waals surface area contributed by atoms with E-state index in [0.717, 1.165) is 35.6 Å². The topological polar surface area (TPSA) is 33.2 Å². The maximum Gasteiger partial charge on any atom is 0.232 e. The van der Waals surface area contributed by atoms with Crippen LogP contribution in [0.5, 0.6) is 0 Å². The first-order valence-electron chi connectivity index (χ1n) is 8.74. The summed E-state index contributed by atoms with van der Waals surface area (Å²) in [6.45, 7) is 10.3. The van der Waals surface area contributed by atoms with Crippen molar-refractivity contribution in [2.75, 3.05) is 18.8 Å². The highest BCUT2D eigenvalue weighted by molar-refractivity contribution is 7.99. The molecule has 1 amide bonds. The van der Waals surface area contributed by atoms with E-state index in [9.17, 15) is 4.79 Å². The molecule has 0 aliphatic carbocycles. The van der Waals surface area contributed by atoms with Crippen LogP contribution in [0.4, 0.5) is 0 Å². The molecule has 1 aromatic heterocycles. The van der Waals surface area contributed by atoms with E-state index in [1.165, 1.54) is 22.9 Å². The van der Waals surface area contributed by atoms with Gasteiger partial charge in [-0.2, -0.15) is 0 Å². The summed E-state index contributed by atoms with van der Waals surface area (Å²) in [5.41, 5.74) is 4.65. The summed E-state index contributed by atoms with van der Waals surface area (Å²) < 4.78 is 0. The zero-order chi connectivity index (χ0) is 17.3. The number of likely N-dealkylation sites (tertiary alicyclic amines) is 1. The summed E-state index contributed by atoms with van der Waals surface area (Å²) in [4.78, 5) is 19.4. The summed E-state index contributed by atoms with van der Waals surface area (Å²) in [5.74, 6) is 1.35. The van der Waals surface area contributed by atoms with Crippen molar-refractivity contribution in [3.63, 3.8) is 0 Å². The van der Waals surface area contributed by atoms with Crippen LogP contribution in [0.1, 0.15) is 36.5 Å². The predicted octanol–water partition coefficient (Wildman–Crippen LogP) is 4.51. The molecular formula is C20H26N2OS. The Balaban J connectivity index is 1.76. The lowest BCUT2D eigenvalue weighted by atomic mass is 10.0. The summed E-state index contributed by atoms with van der Waals surface area (Å²) >= 11 is 1.58. The second-order valence-corrected chi connectivity index (χ2v) is 8.05. The van der Waals surface area contributed by atoms with Gasteiger partial charge in [-0.25, -0.2) is 4.98 Å². The highest BCUT2D eigenvalue weighted by Gasteiger charge is 2.21. The van der Waals surface area contributed by atoms with E-state index in [-0.39, 0.29) is 5.91 Å². The molecule has 24 heavy (non-hydrogen) atoms. The number of hydrogen-bond acceptors (Lipinski definition) is 3. The number of carbonyl (C=O) groups excluding carboxylic acids is 1. The first-order valence-corrected chi connectivity index (χ1v) is 9.72. The number of aromatic nitrogens is 1. The summed E-state index contributed by atoms with van der Waals surface area (Å²) in [5, 5.41) is 2.20. The van der Waals surface area contributed by atoms with Crippen molar-refractivity contribution in [3.8, 4) is 0 Å². The number of benzene rings is 1. The fourth-order valence-electron chi connectivity index (χ4n) is 3.40. The average Bonchev–Trinajstić information content (AvgIpc) is 2.56. The molecule has 0 spiro atoms. The maximum absolute atomic E-state index is 12.5. The lowest BCUT2D eigenvalue weighted by Crippen LogP contribution is -2.40. The van der Waals surface area contributed by atoms with Crippen LogP contribution in [0.15, 0.2) is 23.2 Å². The summed E-state index contributed by atoms with van der Waals surface area (Å²) in [6, 6.07) is 6.47. The van der Waals surface area contributed by atoms with E-state index in [0.29, 0.717) is 11.7 Å². The molecule has 1 atom stereocenters. The number of piperidine rings is 1. The van der Waals surface area contributed by atoms with Crippen LogP contribution in [-0.4, -0.2) is 34.6 Å². The second-order valence-electron chi connectivity index (χ2n) is 7.08. The Kier molecular flexibility index (Phi) is 5.14. The lowest BCUT2D eigenvalue weighted by molar-refractivity contribution is -0.130. The van der Waals surface area contributed by atoms with Gasteiger partial charge < -0.3 is 4.90 Å². The van der Waals surface area contributed by atoms with Crippen LogP contribution in [-0.2, 0) is 4.79 Å². The highest BCUT2D eigenvalue weighted by Crippen LogP contribution is 2.28. The monoisotopic (exact) mass is 342 g/mol. The van der Waals surface area contributed by atoms with Gasteiger partial charge in [0.15, 0.2) is 0 Å². The van der Waals surface area contributed by atoms with E-state index < -0.39 is 0 Å². The first-order chi connectivity index (χ1) is 11.5. The van der Waals surface area contributed by atoms with Crippen LogP contribution in [0.2, 0.25) is 0 Å². The second kappa shape index (κ2) is 7.14. The molecule has 0 radical (unpaired) electrons. The number of aryl methyl sites for hydroxylation is 3. The molecule has 1 fully saturated rings. The fourth-order valence-corrected chi connectivity index (χ4v) is 4.29. The summed E-state index contributed by atoms with van der Waals surface area (Å²) in [7, 11) is 0. The van der Waals surface area contributed by atoms with Crippen molar-refractivity contribution in [1.82, 2.24) is 9.88 Å². The van der Waals surface area contributed by atoms with Gasteiger partial charge in [-0.3, -0.25) is 4.79 Å². The Labute approximate surface area is 148 Å². The SMILES string of the molecule is Cc1cc2c(C)ccc(C)c2nc1SCC(=O)N1CCCC(C)C1. The molecule has 0 saturated carbocycles. The standard InChI is InChI=1S/C20H26N2OS/c1-13-6-5-9-22(11-13)18(23)12-24-20-16(4)10-17-14(2)7-8-15(3)19(17)21-20/h7-8,10,13H,5-6,9,11-12H2,1-4H3. The van der Waals surface area contributed by atoms with Crippen molar-refractivity contribution in [3.05, 3.63) is 34.9 Å². The molecule has 0 bridgehead atoms. The molecule has 2 aromatic rings. The van der Waals surface area contributed by atoms with Gasteiger partial charge in [0.25, 0.3) is 0 Å². The van der Waals surface area contributed by atoms with Crippen molar-refractivity contribution in [2.45, 2.75) is 45.6 Å². The minimum Gasteiger partial charge on any atom is -0.342 e. The van der Waals surface area contributed by atoms with E-state index >= 15 is 0 Å². The Morgan fingerprint density at radius 2 is 2.00 bits per heavy atom. The molecule has 3 rings (SSSR count). The molecule has 1 aliphatic heterocycles. The van der Waals surface area contributed by atoms with Crippen molar-refractivity contribution >= 4 is 28.6 Å². The molecule has 1 aromatic carbocycles. The minimum atomic E-state index is 0.244. The lowest BCUT2D eigenvalue weighted by Gasteiger charge is -2.30. The number of nitrogens with zero attached hydrogens (tertiary/aromatic N) is 2. The van der Waals surface area contributed by atoms with Crippen molar-refractivity contribution in [1.29, 1.82) is 0 Å². The van der Waals surface area contributed by atoms with Crippen LogP contribution < -0.4 is 0 Å². The summed E-state index contributed by atoms with van der Waals surface area (Å²) in [6.07, 6.45) is 2.37. The Bertz CT molecular complexity index is 772.